The maximum absolute atomic E-state index is 13.1. The van der Waals surface area contributed by atoms with Crippen molar-refractivity contribution in [2.24, 2.45) is 0 Å². The van der Waals surface area contributed by atoms with Crippen LogP contribution in [-0.2, 0) is 14.3 Å². The zero-order valence-electron chi connectivity index (χ0n) is 20.5. The maximum Gasteiger partial charge on any atom is 0.407 e. The molecule has 1 fully saturated rings. The van der Waals surface area contributed by atoms with Crippen LogP contribution in [-0.4, -0.2) is 52.7 Å². The van der Waals surface area contributed by atoms with Gasteiger partial charge in [0.05, 0.1) is 0 Å². The summed E-state index contributed by atoms with van der Waals surface area (Å²) in [5.41, 5.74) is 3.40. The first-order valence-electron chi connectivity index (χ1n) is 12.5. The lowest BCUT2D eigenvalue weighted by Crippen LogP contribution is -2.58. The smallest absolute Gasteiger partial charge is 0.407 e. The largest absolute Gasteiger partial charge is 0.480 e. The lowest BCUT2D eigenvalue weighted by molar-refractivity contribution is -0.161. The molecule has 2 N–H and O–H groups in total. The monoisotopic (exact) mass is 478 g/mol. The van der Waals surface area contributed by atoms with Gasteiger partial charge in [0.15, 0.2) is 0 Å². The number of nitrogens with one attached hydrogen (secondary N) is 1. The highest BCUT2D eigenvalue weighted by atomic mass is 16.5. The first kappa shape index (κ1) is 24.8. The number of carbonyl (C=O) groups excluding carboxylic acids is 2. The van der Waals surface area contributed by atoms with Crippen molar-refractivity contribution in [3.63, 3.8) is 0 Å². The zero-order chi connectivity index (χ0) is 25.0. The molecule has 0 aromatic heterocycles. The van der Waals surface area contributed by atoms with Gasteiger partial charge in [0.25, 0.3) is 0 Å². The molecular formula is C28H34N2O5. The van der Waals surface area contributed by atoms with Gasteiger partial charge in [-0.1, -0.05) is 61.9 Å². The van der Waals surface area contributed by atoms with Gasteiger partial charge in [-0.25, -0.2) is 9.59 Å². The number of carboxylic acid groups (broad SMARTS) is 1. The number of carboxylic acids is 1. The van der Waals surface area contributed by atoms with Gasteiger partial charge in [-0.2, -0.15) is 0 Å². The first-order chi connectivity index (χ1) is 16.8. The summed E-state index contributed by atoms with van der Waals surface area (Å²) in [6, 6.07) is 15.9. The van der Waals surface area contributed by atoms with Crippen molar-refractivity contribution in [2.75, 3.05) is 13.2 Å². The average molecular weight is 479 g/mol. The number of piperidine rings is 1. The third-order valence-corrected chi connectivity index (χ3v) is 7.38. The fraction of sp³-hybridized carbons (Fsp3) is 0.464. The van der Waals surface area contributed by atoms with Crippen LogP contribution in [0, 0.1) is 0 Å². The van der Waals surface area contributed by atoms with E-state index in [0.29, 0.717) is 19.4 Å². The summed E-state index contributed by atoms with van der Waals surface area (Å²) in [4.78, 5) is 39.2. The SMILES string of the molecule is CCC[C@H](CC(=O)N1CCCCC1(C)C(=O)O)NC(=O)OCC1c2ccccc2-c2ccccc21. The van der Waals surface area contributed by atoms with Crippen molar-refractivity contribution >= 4 is 18.0 Å². The van der Waals surface area contributed by atoms with E-state index in [1.807, 2.05) is 31.2 Å². The standard InChI is InChI=1S/C28H34N2O5/c1-3-10-19(17-25(31)30-16-9-8-15-28(30,2)26(32)33)29-27(34)35-18-24-22-13-6-4-11-20(22)21-12-5-7-14-23(21)24/h4-7,11-14,19,24H,3,8-10,15-18H2,1-2H3,(H,29,34)(H,32,33)/t19-,28?/m1/s1. The van der Waals surface area contributed by atoms with E-state index in [2.05, 4.69) is 29.6 Å². The lowest BCUT2D eigenvalue weighted by atomic mass is 9.87. The highest BCUT2D eigenvalue weighted by Crippen LogP contribution is 2.44. The quantitative estimate of drug-likeness (QED) is 0.560. The molecule has 2 atom stereocenters. The maximum atomic E-state index is 13.1. The molecule has 0 radical (unpaired) electrons. The fourth-order valence-electron chi connectivity index (χ4n) is 5.44. The van der Waals surface area contributed by atoms with Crippen LogP contribution in [0.1, 0.15) is 69.4 Å². The van der Waals surface area contributed by atoms with E-state index < -0.39 is 23.6 Å². The van der Waals surface area contributed by atoms with Crippen LogP contribution >= 0.6 is 0 Å². The van der Waals surface area contributed by atoms with Gasteiger partial charge < -0.3 is 20.1 Å². The molecule has 1 unspecified atom stereocenters. The van der Waals surface area contributed by atoms with Gasteiger partial charge in [-0.15, -0.1) is 0 Å². The third-order valence-electron chi connectivity index (χ3n) is 7.38. The van der Waals surface area contributed by atoms with Crippen LogP contribution in [0.4, 0.5) is 4.79 Å². The number of fused-ring (bicyclic) bond motifs is 3. The molecule has 0 spiro atoms. The number of hydrogen-bond donors (Lipinski definition) is 2. The highest BCUT2D eigenvalue weighted by Gasteiger charge is 2.44. The molecule has 7 nitrogen and oxygen atoms in total. The zero-order valence-corrected chi connectivity index (χ0v) is 20.5. The molecule has 2 aromatic carbocycles. The van der Waals surface area contributed by atoms with Gasteiger partial charge >= 0.3 is 12.1 Å². The Kier molecular flexibility index (Phi) is 7.43. The van der Waals surface area contributed by atoms with Gasteiger partial charge in [-0.3, -0.25) is 4.79 Å². The van der Waals surface area contributed by atoms with Gasteiger partial charge in [0, 0.05) is 24.9 Å². The topological polar surface area (TPSA) is 95.9 Å². The van der Waals surface area contributed by atoms with Crippen LogP contribution < -0.4 is 5.32 Å². The summed E-state index contributed by atoms with van der Waals surface area (Å²) in [6.45, 7) is 4.22. The summed E-state index contributed by atoms with van der Waals surface area (Å²) in [7, 11) is 0. The summed E-state index contributed by atoms with van der Waals surface area (Å²) >= 11 is 0. The van der Waals surface area contributed by atoms with Crippen LogP contribution in [0.25, 0.3) is 11.1 Å². The van der Waals surface area contributed by atoms with Crippen molar-refractivity contribution in [1.82, 2.24) is 10.2 Å². The first-order valence-corrected chi connectivity index (χ1v) is 12.5. The van der Waals surface area contributed by atoms with E-state index in [9.17, 15) is 19.5 Å². The Morgan fingerprint density at radius 1 is 1.09 bits per heavy atom. The second kappa shape index (κ2) is 10.5. The number of amides is 2. The van der Waals surface area contributed by atoms with Crippen LogP contribution in [0.5, 0.6) is 0 Å². The normalized spacial score (nSPS) is 20.0. The van der Waals surface area contributed by atoms with Gasteiger partial charge in [0.1, 0.15) is 12.1 Å². The summed E-state index contributed by atoms with van der Waals surface area (Å²) in [5.74, 6) is -1.27. The average Bonchev–Trinajstić information content (AvgIpc) is 3.16. The number of rotatable bonds is 8. The Morgan fingerprint density at radius 2 is 1.71 bits per heavy atom. The molecule has 186 valence electrons. The molecule has 0 bridgehead atoms. The van der Waals surface area contributed by atoms with Crippen molar-refractivity contribution in [3.05, 3.63) is 59.7 Å². The van der Waals surface area contributed by atoms with Crippen molar-refractivity contribution < 1.29 is 24.2 Å². The van der Waals surface area contributed by atoms with Crippen LogP contribution in [0.3, 0.4) is 0 Å². The van der Waals surface area contributed by atoms with Crippen LogP contribution in [0.2, 0.25) is 0 Å². The molecule has 1 aliphatic carbocycles. The van der Waals surface area contributed by atoms with E-state index in [4.69, 9.17) is 4.74 Å². The Bertz CT molecular complexity index is 1050. The highest BCUT2D eigenvalue weighted by molar-refractivity contribution is 5.87. The third kappa shape index (κ3) is 5.04. The van der Waals surface area contributed by atoms with E-state index in [1.165, 1.54) is 4.90 Å². The van der Waals surface area contributed by atoms with E-state index >= 15 is 0 Å². The predicted molar refractivity (Wildman–Crippen MR) is 133 cm³/mol. The Morgan fingerprint density at radius 3 is 2.31 bits per heavy atom. The Hall–Kier alpha value is -3.35. The lowest BCUT2D eigenvalue weighted by Gasteiger charge is -2.42. The number of likely N-dealkylation sites (tertiary alicyclic amines) is 1. The van der Waals surface area contributed by atoms with E-state index in [0.717, 1.165) is 41.5 Å². The summed E-state index contributed by atoms with van der Waals surface area (Å²) in [5, 5.41) is 12.6. The second-order valence-electron chi connectivity index (χ2n) is 9.74. The molecular weight excluding hydrogens is 444 g/mol. The Labute approximate surface area is 206 Å². The molecule has 0 saturated carbocycles. The molecule has 1 heterocycles. The second-order valence-corrected chi connectivity index (χ2v) is 9.74. The summed E-state index contributed by atoms with van der Waals surface area (Å²) in [6.07, 6.45) is 2.88. The number of carbonyl (C=O) groups is 3. The number of aliphatic carboxylic acids is 1. The molecule has 2 amide bonds. The number of benzene rings is 2. The molecule has 35 heavy (non-hydrogen) atoms. The molecule has 7 heteroatoms. The number of ether oxygens (including phenoxy) is 1. The predicted octanol–water partition coefficient (Wildman–Crippen LogP) is 4.94. The van der Waals surface area contributed by atoms with Gasteiger partial charge in [-0.05, 0) is 54.9 Å². The molecule has 2 aliphatic rings. The minimum Gasteiger partial charge on any atom is -0.480 e. The number of nitrogens with zero attached hydrogens (tertiary/aromatic N) is 1. The fourth-order valence-corrected chi connectivity index (χ4v) is 5.44. The van der Waals surface area contributed by atoms with Crippen LogP contribution in [0.15, 0.2) is 48.5 Å². The van der Waals surface area contributed by atoms with Crippen molar-refractivity contribution in [3.8, 4) is 11.1 Å². The number of alkyl carbamates (subject to hydrolysis) is 1. The van der Waals surface area contributed by atoms with E-state index in [-0.39, 0.29) is 24.9 Å². The minimum absolute atomic E-state index is 0.0379. The molecule has 1 saturated heterocycles. The minimum atomic E-state index is -1.20. The molecule has 2 aromatic rings. The summed E-state index contributed by atoms with van der Waals surface area (Å²) < 4.78 is 5.65. The van der Waals surface area contributed by atoms with E-state index in [1.54, 1.807) is 6.92 Å². The number of hydrogen-bond acceptors (Lipinski definition) is 4. The molecule has 4 rings (SSSR count). The Balaban J connectivity index is 1.39. The van der Waals surface area contributed by atoms with Crippen molar-refractivity contribution in [1.29, 1.82) is 0 Å². The van der Waals surface area contributed by atoms with Gasteiger partial charge in [0.2, 0.25) is 5.91 Å². The van der Waals surface area contributed by atoms with Crippen molar-refractivity contribution in [2.45, 2.75) is 69.9 Å². The molecule has 1 aliphatic heterocycles.